The first kappa shape index (κ1) is 8.10. The molecule has 1 unspecified atom stereocenters. The molecule has 0 aromatic rings. The van der Waals surface area contributed by atoms with Crippen LogP contribution in [-0.2, 0) is 9.59 Å². The van der Waals surface area contributed by atoms with E-state index in [1.807, 2.05) is 0 Å². The van der Waals surface area contributed by atoms with Crippen molar-refractivity contribution in [3.8, 4) is 0 Å². The molecule has 0 aliphatic rings. The van der Waals surface area contributed by atoms with Gasteiger partial charge in [0.05, 0.1) is 12.5 Å². The monoisotopic (exact) mass is 131 g/mol. The topological polar surface area (TPSA) is 66.4 Å². The predicted octanol–water partition coefficient (Wildman–Crippen LogP) is -0.752. The van der Waals surface area contributed by atoms with Crippen molar-refractivity contribution in [2.45, 2.75) is 12.5 Å². The fourth-order valence-corrected chi connectivity index (χ4v) is 0.406. The zero-order valence-electron chi connectivity index (χ0n) is 5.13. The molecule has 52 valence electrons. The van der Waals surface area contributed by atoms with Gasteiger partial charge in [-0.1, -0.05) is 0 Å². The molecule has 0 bridgehead atoms. The van der Waals surface area contributed by atoms with Gasteiger partial charge >= 0.3 is 5.97 Å². The number of aliphatic carboxylic acids is 1. The van der Waals surface area contributed by atoms with Crippen LogP contribution in [0.4, 0.5) is 0 Å². The zero-order valence-corrected chi connectivity index (χ0v) is 5.13. The first-order chi connectivity index (χ1) is 4.20. The van der Waals surface area contributed by atoms with Gasteiger partial charge in [0.15, 0.2) is 0 Å². The normalized spacial score (nSPS) is 12.6. The Morgan fingerprint density at radius 2 is 2.44 bits per heavy atom. The fraction of sp³-hybridized carbons (Fsp3) is 0.600. The summed E-state index contributed by atoms with van der Waals surface area (Å²) >= 11 is 0. The first-order valence-electron chi connectivity index (χ1n) is 2.55. The van der Waals surface area contributed by atoms with Gasteiger partial charge in [0.25, 0.3) is 0 Å². The SMILES string of the molecule is CNC(C=O)CC(=O)O. The molecule has 0 aliphatic carbocycles. The van der Waals surface area contributed by atoms with Gasteiger partial charge in [0.2, 0.25) is 0 Å². The van der Waals surface area contributed by atoms with Gasteiger partial charge in [-0.15, -0.1) is 0 Å². The van der Waals surface area contributed by atoms with E-state index in [2.05, 4.69) is 5.32 Å². The van der Waals surface area contributed by atoms with Gasteiger partial charge in [-0.25, -0.2) is 0 Å². The maximum absolute atomic E-state index is 9.95. The third-order valence-electron chi connectivity index (χ3n) is 0.930. The number of nitrogens with one attached hydrogen (secondary N) is 1. The van der Waals surface area contributed by atoms with Crippen molar-refractivity contribution in [3.63, 3.8) is 0 Å². The molecule has 1 atom stereocenters. The van der Waals surface area contributed by atoms with E-state index in [0.717, 1.165) is 0 Å². The van der Waals surface area contributed by atoms with Crippen LogP contribution in [0.15, 0.2) is 0 Å². The average Bonchev–Trinajstić information content (AvgIpc) is 1.82. The number of aldehydes is 1. The molecule has 4 nitrogen and oxygen atoms in total. The first-order valence-corrected chi connectivity index (χ1v) is 2.55. The van der Waals surface area contributed by atoms with Crippen LogP contribution in [0, 0.1) is 0 Å². The largest absolute Gasteiger partial charge is 0.481 e. The lowest BCUT2D eigenvalue weighted by molar-refractivity contribution is -0.138. The van der Waals surface area contributed by atoms with Gasteiger partial charge in [-0.05, 0) is 7.05 Å². The summed E-state index contributed by atoms with van der Waals surface area (Å²) in [7, 11) is 1.54. The minimum Gasteiger partial charge on any atom is -0.481 e. The molecule has 0 amide bonds. The van der Waals surface area contributed by atoms with Crippen molar-refractivity contribution in [2.24, 2.45) is 0 Å². The Kier molecular flexibility index (Phi) is 3.62. The Morgan fingerprint density at radius 1 is 1.89 bits per heavy atom. The Morgan fingerprint density at radius 3 is 2.56 bits per heavy atom. The van der Waals surface area contributed by atoms with E-state index >= 15 is 0 Å². The van der Waals surface area contributed by atoms with Crippen LogP contribution in [0.25, 0.3) is 0 Å². The minimum absolute atomic E-state index is 0.153. The minimum atomic E-state index is -0.971. The Bertz CT molecular complexity index is 113. The second-order valence-corrected chi connectivity index (χ2v) is 1.63. The molecule has 0 fully saturated rings. The maximum Gasteiger partial charge on any atom is 0.305 e. The Hall–Kier alpha value is -0.900. The highest BCUT2D eigenvalue weighted by molar-refractivity contribution is 5.73. The molecule has 2 N–H and O–H groups in total. The smallest absolute Gasteiger partial charge is 0.305 e. The average molecular weight is 131 g/mol. The maximum atomic E-state index is 9.95. The summed E-state index contributed by atoms with van der Waals surface area (Å²) in [4.78, 5) is 19.9. The van der Waals surface area contributed by atoms with Crippen LogP contribution in [0.5, 0.6) is 0 Å². The molecule has 0 aromatic carbocycles. The number of carboxylic acid groups (broad SMARTS) is 1. The van der Waals surface area contributed by atoms with Crippen LogP contribution in [-0.4, -0.2) is 30.5 Å². The molecule has 0 rings (SSSR count). The van der Waals surface area contributed by atoms with E-state index in [1.165, 1.54) is 0 Å². The molecule has 0 saturated carbocycles. The molecule has 0 saturated heterocycles. The molecular formula is C5H9NO3. The van der Waals surface area contributed by atoms with E-state index in [9.17, 15) is 9.59 Å². The lowest BCUT2D eigenvalue weighted by Crippen LogP contribution is -2.29. The number of carboxylic acids is 1. The van der Waals surface area contributed by atoms with Gasteiger partial charge in [-0.2, -0.15) is 0 Å². The summed E-state index contributed by atoms with van der Waals surface area (Å²) in [6.07, 6.45) is 0.425. The third kappa shape index (κ3) is 3.66. The summed E-state index contributed by atoms with van der Waals surface area (Å²) in [5, 5.41) is 10.7. The summed E-state index contributed by atoms with van der Waals surface area (Å²) < 4.78 is 0. The summed E-state index contributed by atoms with van der Waals surface area (Å²) in [6.45, 7) is 0. The predicted molar refractivity (Wildman–Crippen MR) is 31.2 cm³/mol. The molecule has 0 spiro atoms. The second-order valence-electron chi connectivity index (χ2n) is 1.63. The van der Waals surface area contributed by atoms with Crippen LogP contribution < -0.4 is 5.32 Å². The van der Waals surface area contributed by atoms with E-state index in [0.29, 0.717) is 6.29 Å². The summed E-state index contributed by atoms with van der Waals surface area (Å²) in [6, 6.07) is -0.553. The molecule has 4 heteroatoms. The Balaban J connectivity index is 3.55. The van der Waals surface area contributed by atoms with Crippen molar-refractivity contribution in [3.05, 3.63) is 0 Å². The second kappa shape index (κ2) is 4.03. The van der Waals surface area contributed by atoms with Crippen LogP contribution >= 0.6 is 0 Å². The van der Waals surface area contributed by atoms with Gasteiger partial charge in [0.1, 0.15) is 6.29 Å². The lowest BCUT2D eigenvalue weighted by atomic mass is 10.2. The lowest BCUT2D eigenvalue weighted by Gasteiger charge is -2.02. The number of carbonyl (C=O) groups is 2. The number of likely N-dealkylation sites (N-methyl/N-ethyl adjacent to an activating group) is 1. The summed E-state index contributed by atoms with van der Waals surface area (Å²) in [5.74, 6) is -0.971. The third-order valence-corrected chi connectivity index (χ3v) is 0.930. The van der Waals surface area contributed by atoms with E-state index in [-0.39, 0.29) is 6.42 Å². The van der Waals surface area contributed by atoms with Crippen LogP contribution in [0.3, 0.4) is 0 Å². The summed E-state index contributed by atoms with van der Waals surface area (Å²) in [5.41, 5.74) is 0. The van der Waals surface area contributed by atoms with Crippen LogP contribution in [0.2, 0.25) is 0 Å². The molecule has 9 heavy (non-hydrogen) atoms. The van der Waals surface area contributed by atoms with Crippen molar-refractivity contribution in [1.29, 1.82) is 0 Å². The van der Waals surface area contributed by atoms with Crippen molar-refractivity contribution < 1.29 is 14.7 Å². The molecule has 0 aromatic heterocycles. The fourth-order valence-electron chi connectivity index (χ4n) is 0.406. The molecular weight excluding hydrogens is 122 g/mol. The van der Waals surface area contributed by atoms with E-state index < -0.39 is 12.0 Å². The van der Waals surface area contributed by atoms with Crippen LogP contribution in [0.1, 0.15) is 6.42 Å². The highest BCUT2D eigenvalue weighted by Gasteiger charge is 2.07. The number of hydrogen-bond donors (Lipinski definition) is 2. The van der Waals surface area contributed by atoms with Crippen molar-refractivity contribution >= 4 is 12.3 Å². The van der Waals surface area contributed by atoms with E-state index in [1.54, 1.807) is 7.05 Å². The Labute approximate surface area is 52.9 Å². The quantitative estimate of drug-likeness (QED) is 0.492. The van der Waals surface area contributed by atoms with E-state index in [4.69, 9.17) is 5.11 Å². The number of hydrogen-bond acceptors (Lipinski definition) is 3. The highest BCUT2D eigenvalue weighted by Crippen LogP contribution is 1.84. The standard InChI is InChI=1S/C5H9NO3/c1-6-4(3-7)2-5(8)9/h3-4,6H,2H2,1H3,(H,8,9). The molecule has 0 aliphatic heterocycles. The number of rotatable bonds is 4. The molecule has 0 radical (unpaired) electrons. The van der Waals surface area contributed by atoms with Crippen molar-refractivity contribution in [2.75, 3.05) is 7.05 Å². The van der Waals surface area contributed by atoms with Gasteiger partial charge in [0, 0.05) is 0 Å². The zero-order chi connectivity index (χ0) is 7.28. The van der Waals surface area contributed by atoms with Gasteiger partial charge in [-0.3, -0.25) is 4.79 Å². The van der Waals surface area contributed by atoms with Gasteiger partial charge < -0.3 is 15.2 Å². The van der Waals surface area contributed by atoms with Crippen molar-refractivity contribution in [1.82, 2.24) is 5.32 Å². The molecule has 0 heterocycles. The number of carbonyl (C=O) groups excluding carboxylic acids is 1. The highest BCUT2D eigenvalue weighted by atomic mass is 16.4.